The molecule has 0 atom stereocenters. The Kier molecular flexibility index (Phi) is 4.48. The second-order valence-electron chi connectivity index (χ2n) is 5.26. The molecule has 7 heteroatoms. The molecule has 0 aliphatic heterocycles. The molecule has 0 saturated carbocycles. The van der Waals surface area contributed by atoms with Gasteiger partial charge in [0.1, 0.15) is 10.0 Å². The lowest BCUT2D eigenvalue weighted by atomic mass is 10.2. The molecule has 0 spiro atoms. The highest BCUT2D eigenvalue weighted by Gasteiger charge is 2.15. The maximum absolute atomic E-state index is 12.5. The molecule has 25 heavy (non-hydrogen) atoms. The summed E-state index contributed by atoms with van der Waals surface area (Å²) in [4.78, 5) is 17.2. The second-order valence-corrected chi connectivity index (χ2v) is 8.08. The average molecular weight is 405 g/mol. The molecule has 1 N–H and O–H groups in total. The number of carbonyl (C=O) groups excluding carboxylic acids is 1. The second kappa shape index (κ2) is 6.77. The van der Waals surface area contributed by atoms with Crippen LogP contribution in [-0.2, 0) is 0 Å². The lowest BCUT2D eigenvalue weighted by molar-refractivity contribution is 0.102. The van der Waals surface area contributed by atoms with Crippen LogP contribution in [0.1, 0.15) is 10.4 Å². The highest BCUT2D eigenvalue weighted by molar-refractivity contribution is 7.22. The van der Waals surface area contributed by atoms with Crippen LogP contribution in [0.15, 0.2) is 53.9 Å². The number of fused-ring (bicyclic) bond motifs is 1. The van der Waals surface area contributed by atoms with E-state index in [2.05, 4.69) is 10.3 Å². The van der Waals surface area contributed by atoms with Crippen LogP contribution >= 0.6 is 45.9 Å². The fraction of sp³-hybridized carbons (Fsp3) is 0. The van der Waals surface area contributed by atoms with Crippen molar-refractivity contribution < 1.29 is 4.79 Å². The van der Waals surface area contributed by atoms with Gasteiger partial charge in [-0.1, -0.05) is 35.3 Å². The van der Waals surface area contributed by atoms with Gasteiger partial charge in [0, 0.05) is 21.2 Å². The minimum atomic E-state index is -0.255. The fourth-order valence-electron chi connectivity index (χ4n) is 2.42. The Morgan fingerprint density at radius 2 is 1.80 bits per heavy atom. The van der Waals surface area contributed by atoms with Gasteiger partial charge in [0.15, 0.2) is 0 Å². The zero-order chi connectivity index (χ0) is 17.4. The van der Waals surface area contributed by atoms with Crippen molar-refractivity contribution in [2.24, 2.45) is 0 Å². The first-order valence-corrected chi connectivity index (χ1v) is 9.76. The van der Waals surface area contributed by atoms with Gasteiger partial charge in [-0.15, -0.1) is 22.7 Å². The average Bonchev–Trinajstić information content (AvgIpc) is 3.19. The third-order valence-electron chi connectivity index (χ3n) is 3.54. The zero-order valence-corrected chi connectivity index (χ0v) is 15.8. The highest BCUT2D eigenvalue weighted by atomic mass is 35.5. The Labute approximate surface area is 161 Å². The summed E-state index contributed by atoms with van der Waals surface area (Å²) in [7, 11) is 0. The van der Waals surface area contributed by atoms with E-state index in [1.807, 2.05) is 35.7 Å². The van der Waals surface area contributed by atoms with Crippen LogP contribution in [0.3, 0.4) is 0 Å². The van der Waals surface area contributed by atoms with E-state index in [0.29, 0.717) is 15.6 Å². The molecular weight excluding hydrogens is 395 g/mol. The quantitative estimate of drug-likeness (QED) is 0.418. The van der Waals surface area contributed by atoms with Gasteiger partial charge in [0.2, 0.25) is 0 Å². The zero-order valence-electron chi connectivity index (χ0n) is 12.6. The Morgan fingerprint density at radius 1 is 1.04 bits per heavy atom. The topological polar surface area (TPSA) is 42.0 Å². The number of hydrogen-bond donors (Lipinski definition) is 1. The molecule has 4 rings (SSSR count). The standard InChI is InChI=1S/C18H10Cl2N2OS2/c19-11-7-10(8-12(20)9-11)16(23)22-17-13(5-6-24-17)18-21-14-3-1-2-4-15(14)25-18/h1-9H,(H,22,23). The van der Waals surface area contributed by atoms with Crippen molar-refractivity contribution in [2.45, 2.75) is 0 Å². The van der Waals surface area contributed by atoms with Crippen molar-refractivity contribution in [3.05, 3.63) is 69.5 Å². The number of para-hydroxylation sites is 1. The summed E-state index contributed by atoms with van der Waals surface area (Å²) in [5.74, 6) is -0.255. The fourth-order valence-corrected chi connectivity index (χ4v) is 4.79. The first-order valence-electron chi connectivity index (χ1n) is 7.31. The molecule has 2 aromatic carbocycles. The normalized spacial score (nSPS) is 11.0. The number of halogens is 2. The number of rotatable bonds is 3. The van der Waals surface area contributed by atoms with Crippen molar-refractivity contribution in [2.75, 3.05) is 5.32 Å². The van der Waals surface area contributed by atoms with Crippen molar-refractivity contribution in [1.29, 1.82) is 0 Å². The summed E-state index contributed by atoms with van der Waals surface area (Å²) in [6.45, 7) is 0. The van der Waals surface area contributed by atoms with E-state index in [9.17, 15) is 4.79 Å². The van der Waals surface area contributed by atoms with E-state index in [-0.39, 0.29) is 5.91 Å². The SMILES string of the molecule is O=C(Nc1sccc1-c1nc2ccccc2s1)c1cc(Cl)cc(Cl)c1. The first-order chi connectivity index (χ1) is 12.1. The number of anilines is 1. The molecule has 0 bridgehead atoms. The van der Waals surface area contributed by atoms with Crippen LogP contribution in [0, 0.1) is 0 Å². The Morgan fingerprint density at radius 3 is 2.56 bits per heavy atom. The predicted octanol–water partition coefficient (Wildman–Crippen LogP) is 6.58. The highest BCUT2D eigenvalue weighted by Crippen LogP contribution is 2.38. The molecule has 0 aliphatic rings. The molecular formula is C18H10Cl2N2OS2. The lowest BCUT2D eigenvalue weighted by Gasteiger charge is -2.06. The molecule has 0 radical (unpaired) electrons. The van der Waals surface area contributed by atoms with E-state index < -0.39 is 0 Å². The summed E-state index contributed by atoms with van der Waals surface area (Å²) >= 11 is 15.0. The molecule has 2 heterocycles. The summed E-state index contributed by atoms with van der Waals surface area (Å²) in [6.07, 6.45) is 0. The minimum Gasteiger partial charge on any atom is -0.313 e. The van der Waals surface area contributed by atoms with E-state index in [4.69, 9.17) is 23.2 Å². The van der Waals surface area contributed by atoms with E-state index >= 15 is 0 Å². The number of nitrogens with one attached hydrogen (secondary N) is 1. The number of carbonyl (C=O) groups is 1. The molecule has 1 amide bonds. The van der Waals surface area contributed by atoms with Crippen molar-refractivity contribution >= 4 is 67.0 Å². The largest absolute Gasteiger partial charge is 0.313 e. The van der Waals surface area contributed by atoms with Crippen LogP contribution in [0.25, 0.3) is 20.8 Å². The third kappa shape index (κ3) is 3.41. The van der Waals surface area contributed by atoms with Crippen molar-refractivity contribution in [3.8, 4) is 10.6 Å². The van der Waals surface area contributed by atoms with Crippen molar-refractivity contribution in [3.63, 3.8) is 0 Å². The number of thiophene rings is 1. The number of aromatic nitrogens is 1. The van der Waals surface area contributed by atoms with Gasteiger partial charge in [-0.3, -0.25) is 4.79 Å². The van der Waals surface area contributed by atoms with Gasteiger partial charge in [0.25, 0.3) is 5.91 Å². The van der Waals surface area contributed by atoms with Crippen LogP contribution < -0.4 is 5.32 Å². The third-order valence-corrected chi connectivity index (χ3v) is 5.88. The molecule has 0 saturated heterocycles. The minimum absolute atomic E-state index is 0.255. The van der Waals surface area contributed by atoms with Gasteiger partial charge >= 0.3 is 0 Å². The lowest BCUT2D eigenvalue weighted by Crippen LogP contribution is -2.11. The van der Waals surface area contributed by atoms with Gasteiger partial charge in [-0.05, 0) is 41.8 Å². The maximum atomic E-state index is 12.5. The van der Waals surface area contributed by atoms with Gasteiger partial charge in [0.05, 0.1) is 10.2 Å². The first kappa shape index (κ1) is 16.5. The van der Waals surface area contributed by atoms with Crippen molar-refractivity contribution in [1.82, 2.24) is 4.98 Å². The molecule has 4 aromatic rings. The molecule has 0 unspecified atom stereocenters. The van der Waals surface area contributed by atoms with Gasteiger partial charge in [-0.25, -0.2) is 4.98 Å². The predicted molar refractivity (Wildman–Crippen MR) is 107 cm³/mol. The Bertz CT molecular complexity index is 1030. The summed E-state index contributed by atoms with van der Waals surface area (Å²) in [5, 5.41) is 7.34. The van der Waals surface area contributed by atoms with Gasteiger partial charge < -0.3 is 5.32 Å². The Hall–Kier alpha value is -1.92. The van der Waals surface area contributed by atoms with Crippen LogP contribution in [0.2, 0.25) is 10.0 Å². The summed E-state index contributed by atoms with van der Waals surface area (Å²) < 4.78 is 1.11. The number of nitrogens with zero attached hydrogens (tertiary/aromatic N) is 1. The number of hydrogen-bond acceptors (Lipinski definition) is 4. The number of thiazole rings is 1. The monoisotopic (exact) mass is 404 g/mol. The maximum Gasteiger partial charge on any atom is 0.256 e. The Balaban J connectivity index is 1.66. The smallest absolute Gasteiger partial charge is 0.256 e. The van der Waals surface area contributed by atoms with E-state index in [0.717, 1.165) is 25.8 Å². The molecule has 124 valence electrons. The molecule has 0 fully saturated rings. The van der Waals surface area contributed by atoms with E-state index in [1.165, 1.54) is 11.3 Å². The molecule has 2 aromatic heterocycles. The molecule has 0 aliphatic carbocycles. The number of amides is 1. The summed E-state index contributed by atoms with van der Waals surface area (Å²) in [5.41, 5.74) is 2.28. The van der Waals surface area contributed by atoms with E-state index in [1.54, 1.807) is 29.5 Å². The van der Waals surface area contributed by atoms with Crippen LogP contribution in [0.4, 0.5) is 5.00 Å². The number of benzene rings is 2. The van der Waals surface area contributed by atoms with Crippen LogP contribution in [0.5, 0.6) is 0 Å². The molecule has 3 nitrogen and oxygen atoms in total. The summed E-state index contributed by atoms with van der Waals surface area (Å²) in [6, 6.07) is 14.7. The van der Waals surface area contributed by atoms with Crippen LogP contribution in [-0.4, -0.2) is 10.9 Å². The van der Waals surface area contributed by atoms with Gasteiger partial charge in [-0.2, -0.15) is 0 Å².